The van der Waals surface area contributed by atoms with Crippen LogP contribution in [0.5, 0.6) is 5.88 Å². The standard InChI is InChI=1S/C13H12FNO2/c1-17-11-8-7-10(14)12(15-11)13(16)9-5-3-2-4-6-9/h2-8,13,16H,1H3. The number of methoxy groups -OCH3 is 1. The number of hydrogen-bond acceptors (Lipinski definition) is 3. The highest BCUT2D eigenvalue weighted by Crippen LogP contribution is 2.24. The molecule has 0 aliphatic carbocycles. The Morgan fingerprint density at radius 2 is 1.88 bits per heavy atom. The molecule has 0 aliphatic rings. The summed E-state index contributed by atoms with van der Waals surface area (Å²) in [6.45, 7) is 0. The summed E-state index contributed by atoms with van der Waals surface area (Å²) in [5.74, 6) is -0.279. The van der Waals surface area contributed by atoms with Gasteiger partial charge in [0.1, 0.15) is 17.6 Å². The molecule has 0 amide bonds. The number of aliphatic hydroxyl groups is 1. The molecule has 0 fully saturated rings. The van der Waals surface area contributed by atoms with Gasteiger partial charge in [0.15, 0.2) is 0 Å². The molecular weight excluding hydrogens is 221 g/mol. The molecule has 1 atom stereocenters. The number of hydrogen-bond donors (Lipinski definition) is 1. The van der Waals surface area contributed by atoms with Crippen molar-refractivity contribution in [3.05, 3.63) is 59.5 Å². The molecule has 0 saturated carbocycles. The van der Waals surface area contributed by atoms with Gasteiger partial charge in [0.25, 0.3) is 0 Å². The lowest BCUT2D eigenvalue weighted by Crippen LogP contribution is -2.06. The van der Waals surface area contributed by atoms with E-state index in [2.05, 4.69) is 4.98 Å². The van der Waals surface area contributed by atoms with E-state index in [0.717, 1.165) is 0 Å². The first-order valence-electron chi connectivity index (χ1n) is 5.16. The molecule has 17 heavy (non-hydrogen) atoms. The lowest BCUT2D eigenvalue weighted by molar-refractivity contribution is 0.207. The monoisotopic (exact) mass is 233 g/mol. The van der Waals surface area contributed by atoms with Crippen molar-refractivity contribution in [3.63, 3.8) is 0 Å². The third kappa shape index (κ3) is 2.42. The highest BCUT2D eigenvalue weighted by Gasteiger charge is 2.17. The van der Waals surface area contributed by atoms with Gasteiger partial charge in [-0.3, -0.25) is 0 Å². The molecule has 88 valence electrons. The molecule has 1 heterocycles. The quantitative estimate of drug-likeness (QED) is 0.884. The predicted octanol–water partition coefficient (Wildman–Crippen LogP) is 2.31. The molecule has 0 radical (unpaired) electrons. The zero-order valence-corrected chi connectivity index (χ0v) is 9.30. The molecular formula is C13H12FNO2. The van der Waals surface area contributed by atoms with E-state index in [1.165, 1.54) is 19.2 Å². The Labute approximate surface area is 98.5 Å². The molecule has 1 aromatic heterocycles. The van der Waals surface area contributed by atoms with E-state index in [4.69, 9.17) is 4.74 Å². The van der Waals surface area contributed by atoms with Crippen molar-refractivity contribution in [2.75, 3.05) is 7.11 Å². The molecule has 0 saturated heterocycles. The second kappa shape index (κ2) is 4.93. The smallest absolute Gasteiger partial charge is 0.213 e. The van der Waals surface area contributed by atoms with Gasteiger partial charge in [0.05, 0.1) is 7.11 Å². The van der Waals surface area contributed by atoms with E-state index in [1.54, 1.807) is 24.3 Å². The molecule has 2 aromatic rings. The summed E-state index contributed by atoms with van der Waals surface area (Å²) in [5.41, 5.74) is 0.558. The maximum absolute atomic E-state index is 13.6. The minimum absolute atomic E-state index is 0.0319. The highest BCUT2D eigenvalue weighted by atomic mass is 19.1. The normalized spacial score (nSPS) is 12.2. The summed E-state index contributed by atoms with van der Waals surface area (Å²) < 4.78 is 18.5. The number of aromatic nitrogens is 1. The Morgan fingerprint density at radius 1 is 1.18 bits per heavy atom. The minimum atomic E-state index is -1.09. The summed E-state index contributed by atoms with van der Waals surface area (Å²) in [6.07, 6.45) is -1.09. The van der Waals surface area contributed by atoms with Crippen LogP contribution in [0.15, 0.2) is 42.5 Å². The van der Waals surface area contributed by atoms with Gasteiger partial charge < -0.3 is 9.84 Å². The summed E-state index contributed by atoms with van der Waals surface area (Å²) >= 11 is 0. The fourth-order valence-electron chi connectivity index (χ4n) is 1.54. The van der Waals surface area contributed by atoms with E-state index in [9.17, 15) is 9.50 Å². The van der Waals surface area contributed by atoms with Crippen LogP contribution in [0.2, 0.25) is 0 Å². The number of benzene rings is 1. The molecule has 2 rings (SSSR count). The van der Waals surface area contributed by atoms with Crippen molar-refractivity contribution in [3.8, 4) is 5.88 Å². The lowest BCUT2D eigenvalue weighted by Gasteiger charge is -2.12. The molecule has 0 aliphatic heterocycles. The topological polar surface area (TPSA) is 42.4 Å². The van der Waals surface area contributed by atoms with Crippen LogP contribution in [0.4, 0.5) is 4.39 Å². The molecule has 0 spiro atoms. The Hall–Kier alpha value is -1.94. The van der Waals surface area contributed by atoms with Gasteiger partial charge >= 0.3 is 0 Å². The number of pyridine rings is 1. The number of ether oxygens (including phenoxy) is 1. The minimum Gasteiger partial charge on any atom is -0.481 e. The van der Waals surface area contributed by atoms with Gasteiger partial charge in [0, 0.05) is 6.07 Å². The zero-order chi connectivity index (χ0) is 12.3. The van der Waals surface area contributed by atoms with Crippen LogP contribution in [0.25, 0.3) is 0 Å². The number of halogens is 1. The molecule has 0 bridgehead atoms. The molecule has 3 nitrogen and oxygen atoms in total. The van der Waals surface area contributed by atoms with Gasteiger partial charge in [-0.1, -0.05) is 30.3 Å². The van der Waals surface area contributed by atoms with Crippen LogP contribution < -0.4 is 4.74 Å². The average Bonchev–Trinajstić information content (AvgIpc) is 2.39. The van der Waals surface area contributed by atoms with Crippen molar-refractivity contribution in [1.29, 1.82) is 0 Å². The molecule has 4 heteroatoms. The zero-order valence-electron chi connectivity index (χ0n) is 9.30. The first kappa shape index (κ1) is 11.5. The Balaban J connectivity index is 2.40. The van der Waals surface area contributed by atoms with Crippen LogP contribution in [0.3, 0.4) is 0 Å². The van der Waals surface area contributed by atoms with Crippen molar-refractivity contribution < 1.29 is 14.2 Å². The number of rotatable bonds is 3. The summed E-state index contributed by atoms with van der Waals surface area (Å²) in [7, 11) is 1.44. The second-order valence-electron chi connectivity index (χ2n) is 3.53. The van der Waals surface area contributed by atoms with Crippen molar-refractivity contribution in [2.45, 2.75) is 6.10 Å². The predicted molar refractivity (Wildman–Crippen MR) is 61.3 cm³/mol. The van der Waals surface area contributed by atoms with Gasteiger partial charge in [-0.25, -0.2) is 9.37 Å². The first-order valence-corrected chi connectivity index (χ1v) is 5.16. The third-order valence-corrected chi connectivity index (χ3v) is 2.43. The van der Waals surface area contributed by atoms with E-state index < -0.39 is 11.9 Å². The van der Waals surface area contributed by atoms with E-state index in [-0.39, 0.29) is 11.6 Å². The lowest BCUT2D eigenvalue weighted by atomic mass is 10.1. The van der Waals surface area contributed by atoms with E-state index in [0.29, 0.717) is 5.56 Å². The molecule has 1 unspecified atom stereocenters. The second-order valence-corrected chi connectivity index (χ2v) is 3.53. The van der Waals surface area contributed by atoms with Gasteiger partial charge in [-0.05, 0) is 11.6 Å². The van der Waals surface area contributed by atoms with Gasteiger partial charge in [-0.2, -0.15) is 0 Å². The summed E-state index contributed by atoms with van der Waals surface area (Å²) in [6, 6.07) is 11.4. The van der Waals surface area contributed by atoms with Crippen molar-refractivity contribution >= 4 is 0 Å². The number of aliphatic hydroxyl groups excluding tert-OH is 1. The van der Waals surface area contributed by atoms with Gasteiger partial charge in [-0.15, -0.1) is 0 Å². The van der Waals surface area contributed by atoms with Crippen LogP contribution in [0.1, 0.15) is 17.4 Å². The third-order valence-electron chi connectivity index (χ3n) is 2.43. The molecule has 1 aromatic carbocycles. The fraction of sp³-hybridized carbons (Fsp3) is 0.154. The Kier molecular flexibility index (Phi) is 3.35. The molecule has 1 N–H and O–H groups in total. The fourth-order valence-corrected chi connectivity index (χ4v) is 1.54. The van der Waals surface area contributed by atoms with Crippen LogP contribution in [0, 0.1) is 5.82 Å². The maximum Gasteiger partial charge on any atom is 0.213 e. The largest absolute Gasteiger partial charge is 0.481 e. The first-order chi connectivity index (χ1) is 8.22. The van der Waals surface area contributed by atoms with Crippen LogP contribution >= 0.6 is 0 Å². The van der Waals surface area contributed by atoms with Crippen LogP contribution in [-0.2, 0) is 0 Å². The van der Waals surface area contributed by atoms with Crippen LogP contribution in [-0.4, -0.2) is 17.2 Å². The van der Waals surface area contributed by atoms with E-state index >= 15 is 0 Å². The maximum atomic E-state index is 13.6. The summed E-state index contributed by atoms with van der Waals surface area (Å²) in [5, 5.41) is 10.0. The Bertz CT molecular complexity index is 502. The summed E-state index contributed by atoms with van der Waals surface area (Å²) in [4.78, 5) is 3.92. The van der Waals surface area contributed by atoms with Crippen molar-refractivity contribution in [2.24, 2.45) is 0 Å². The van der Waals surface area contributed by atoms with E-state index in [1.807, 2.05) is 6.07 Å². The SMILES string of the molecule is COc1ccc(F)c(C(O)c2ccccc2)n1. The number of nitrogens with zero attached hydrogens (tertiary/aromatic N) is 1. The van der Waals surface area contributed by atoms with Crippen molar-refractivity contribution in [1.82, 2.24) is 4.98 Å². The highest BCUT2D eigenvalue weighted by molar-refractivity contribution is 5.28. The Morgan fingerprint density at radius 3 is 2.53 bits per heavy atom. The average molecular weight is 233 g/mol. The van der Waals surface area contributed by atoms with Gasteiger partial charge in [0.2, 0.25) is 5.88 Å².